The molecule has 20 aromatic rings. The maximum absolute atomic E-state index is 10.0. The number of hydrogen-bond donors (Lipinski definition) is 0. The van der Waals surface area contributed by atoms with Gasteiger partial charge in [0.05, 0.1) is 84.2 Å². The third-order valence-electron chi connectivity index (χ3n) is 19.1. The normalized spacial score (nSPS) is 11.8. The summed E-state index contributed by atoms with van der Waals surface area (Å²) in [6.45, 7) is 0. The fraction of sp³-hybridized carbons (Fsp3) is 0. The number of benzene rings is 14. The summed E-state index contributed by atoms with van der Waals surface area (Å²) in [6.07, 6.45) is 0. The highest BCUT2D eigenvalue weighted by Crippen LogP contribution is 2.46. The highest BCUT2D eigenvalue weighted by atomic mass is 16.3. The highest BCUT2D eigenvalue weighted by molar-refractivity contribution is 6.25. The van der Waals surface area contributed by atoms with Crippen LogP contribution in [-0.4, -0.2) is 18.3 Å². The molecule has 0 aliphatic carbocycles. The summed E-state index contributed by atoms with van der Waals surface area (Å²) in [7, 11) is 0. The zero-order valence-electron chi connectivity index (χ0n) is 50.4. The fourth-order valence-corrected chi connectivity index (χ4v) is 15.0. The minimum Gasteiger partial charge on any atom is -0.456 e. The number of nitrogens with zero attached hydrogens (tertiary/aromatic N) is 6. The van der Waals surface area contributed by atoms with Crippen molar-refractivity contribution in [3.63, 3.8) is 0 Å². The molecule has 94 heavy (non-hydrogen) atoms. The molecule has 6 aromatic heterocycles. The first-order chi connectivity index (χ1) is 46.6. The average molecular weight is 1200 g/mol. The van der Waals surface area contributed by atoms with Crippen molar-refractivity contribution in [2.75, 3.05) is 0 Å². The molecular formula is C86H50N6O2. The Morgan fingerprint density at radius 1 is 0.255 bits per heavy atom. The molecule has 14 aromatic carbocycles. The van der Waals surface area contributed by atoms with Gasteiger partial charge in [-0.05, 0) is 132 Å². The molecule has 0 aliphatic heterocycles. The Morgan fingerprint density at radius 3 is 1.18 bits per heavy atom. The smallest absolute Gasteiger partial charge is 0.160 e. The van der Waals surface area contributed by atoms with Crippen molar-refractivity contribution in [3.05, 3.63) is 314 Å². The van der Waals surface area contributed by atoms with Crippen molar-refractivity contribution in [1.82, 2.24) is 18.3 Å². The van der Waals surface area contributed by atoms with Crippen LogP contribution >= 0.6 is 0 Å². The molecule has 0 atom stereocenters. The van der Waals surface area contributed by atoms with Crippen molar-refractivity contribution in [3.8, 4) is 57.1 Å². The Hall–Kier alpha value is -13.1. The highest BCUT2D eigenvalue weighted by Gasteiger charge is 2.24. The van der Waals surface area contributed by atoms with E-state index in [1.807, 2.05) is 48.5 Å². The Labute approximate surface area is 537 Å². The van der Waals surface area contributed by atoms with Crippen LogP contribution in [0.15, 0.2) is 312 Å². The first-order valence-electron chi connectivity index (χ1n) is 31.5. The molecule has 0 saturated heterocycles. The zero-order valence-corrected chi connectivity index (χ0v) is 50.4. The summed E-state index contributed by atoms with van der Waals surface area (Å²) >= 11 is 0. The molecule has 0 fully saturated rings. The van der Waals surface area contributed by atoms with Crippen molar-refractivity contribution < 1.29 is 8.83 Å². The third kappa shape index (κ3) is 7.84. The molecule has 0 bridgehead atoms. The van der Waals surface area contributed by atoms with E-state index in [4.69, 9.17) is 8.83 Å². The summed E-state index contributed by atoms with van der Waals surface area (Å²) in [5, 5.41) is 33.9. The van der Waals surface area contributed by atoms with E-state index in [0.717, 1.165) is 127 Å². The summed E-state index contributed by atoms with van der Waals surface area (Å²) in [6, 6.07) is 111. The van der Waals surface area contributed by atoms with Crippen LogP contribution in [0.25, 0.3) is 176 Å². The molecule has 20 rings (SSSR count). The lowest BCUT2D eigenvalue weighted by Gasteiger charge is -2.16. The quantitative estimate of drug-likeness (QED) is 0.166. The fourth-order valence-electron chi connectivity index (χ4n) is 15.0. The van der Waals surface area contributed by atoms with E-state index < -0.39 is 0 Å². The van der Waals surface area contributed by atoms with Crippen molar-refractivity contribution in [2.45, 2.75) is 0 Å². The second-order valence-electron chi connectivity index (χ2n) is 24.1. The van der Waals surface area contributed by atoms with Crippen LogP contribution in [0.3, 0.4) is 0 Å². The van der Waals surface area contributed by atoms with Crippen LogP contribution in [0.1, 0.15) is 11.1 Å². The van der Waals surface area contributed by atoms with Gasteiger partial charge >= 0.3 is 0 Å². The molecule has 8 heteroatoms. The van der Waals surface area contributed by atoms with Gasteiger partial charge in [-0.2, -0.15) is 10.5 Å². The zero-order chi connectivity index (χ0) is 62.1. The van der Waals surface area contributed by atoms with Crippen LogP contribution < -0.4 is 0 Å². The molecule has 0 N–H and O–H groups in total. The average Bonchev–Trinajstić information content (AvgIpc) is 1.57. The first kappa shape index (κ1) is 52.8. The van der Waals surface area contributed by atoms with Gasteiger partial charge in [0.25, 0.3) is 0 Å². The lowest BCUT2D eigenvalue weighted by molar-refractivity contribution is 0.669. The van der Waals surface area contributed by atoms with E-state index in [2.05, 4.69) is 285 Å². The molecule has 0 radical (unpaired) electrons. The molecule has 0 aliphatic rings. The number of rotatable bonds is 6. The number of para-hydroxylation sites is 8. The van der Waals surface area contributed by atoms with Crippen LogP contribution in [0.4, 0.5) is 0 Å². The SMILES string of the molecule is N#Cc1ccc(-c2ccc(-n3c4ccccc4c4ccccc43)cc2)c(-n2c3ccccc3c3ccc4c5ccccc5oc4c32)c1.N#Cc1ccc(-n2c3ccccc3c3ccc4oc5ccccc5c4c32)c(-c2ccc(-n3c4ccccc4c4ccccc43)cc2)c1. The summed E-state index contributed by atoms with van der Waals surface area (Å²) in [5.74, 6) is 0. The number of hydrogen-bond acceptors (Lipinski definition) is 4. The van der Waals surface area contributed by atoms with Gasteiger partial charge in [-0.3, -0.25) is 0 Å². The van der Waals surface area contributed by atoms with E-state index in [0.29, 0.717) is 11.1 Å². The van der Waals surface area contributed by atoms with Gasteiger partial charge in [-0.15, -0.1) is 0 Å². The lowest BCUT2D eigenvalue weighted by atomic mass is 10.00. The molecule has 0 saturated carbocycles. The summed E-state index contributed by atoms with van der Waals surface area (Å²) < 4.78 is 22.2. The van der Waals surface area contributed by atoms with Gasteiger partial charge in [0.2, 0.25) is 0 Å². The van der Waals surface area contributed by atoms with E-state index >= 15 is 0 Å². The van der Waals surface area contributed by atoms with Crippen molar-refractivity contribution in [1.29, 1.82) is 10.5 Å². The topological polar surface area (TPSA) is 93.6 Å². The minimum atomic E-state index is 0.605. The predicted molar refractivity (Wildman–Crippen MR) is 385 cm³/mol. The Balaban J connectivity index is 0.000000133. The van der Waals surface area contributed by atoms with Crippen molar-refractivity contribution >= 4 is 131 Å². The summed E-state index contributed by atoms with van der Waals surface area (Å²) in [5.41, 5.74) is 21.9. The Kier molecular flexibility index (Phi) is 11.6. The minimum absolute atomic E-state index is 0.605. The van der Waals surface area contributed by atoms with E-state index in [-0.39, 0.29) is 0 Å². The van der Waals surface area contributed by atoms with Gasteiger partial charge in [0.1, 0.15) is 16.7 Å². The first-order valence-corrected chi connectivity index (χ1v) is 31.5. The maximum atomic E-state index is 10.0. The Bertz CT molecular complexity index is 6520. The van der Waals surface area contributed by atoms with E-state index in [9.17, 15) is 10.5 Å². The second kappa shape index (κ2) is 20.7. The molecule has 0 amide bonds. The van der Waals surface area contributed by atoms with Crippen LogP contribution in [0, 0.1) is 22.7 Å². The van der Waals surface area contributed by atoms with E-state index in [1.165, 1.54) is 49.0 Å². The maximum Gasteiger partial charge on any atom is 0.160 e. The molecule has 0 unspecified atom stereocenters. The van der Waals surface area contributed by atoms with Crippen LogP contribution in [-0.2, 0) is 0 Å². The largest absolute Gasteiger partial charge is 0.456 e. The van der Waals surface area contributed by atoms with Crippen molar-refractivity contribution in [2.24, 2.45) is 0 Å². The number of furan rings is 2. The number of nitriles is 2. The number of aromatic nitrogens is 4. The van der Waals surface area contributed by atoms with Gasteiger partial charge in [-0.25, -0.2) is 0 Å². The van der Waals surface area contributed by atoms with Crippen LogP contribution in [0.5, 0.6) is 0 Å². The monoisotopic (exact) mass is 1200 g/mol. The third-order valence-corrected chi connectivity index (χ3v) is 19.1. The predicted octanol–water partition coefficient (Wildman–Crippen LogP) is 22.6. The summed E-state index contributed by atoms with van der Waals surface area (Å²) in [4.78, 5) is 0. The van der Waals surface area contributed by atoms with Gasteiger partial charge in [0, 0.05) is 81.8 Å². The molecule has 8 nitrogen and oxygen atoms in total. The Morgan fingerprint density at radius 2 is 0.649 bits per heavy atom. The second-order valence-corrected chi connectivity index (χ2v) is 24.1. The van der Waals surface area contributed by atoms with Gasteiger partial charge < -0.3 is 27.1 Å². The number of fused-ring (bicyclic) bond motifs is 20. The molecular weight excluding hydrogens is 1150 g/mol. The van der Waals surface area contributed by atoms with Gasteiger partial charge in [-0.1, -0.05) is 182 Å². The van der Waals surface area contributed by atoms with Crippen LogP contribution in [0.2, 0.25) is 0 Å². The standard InChI is InChI=1S/2C43H25N3O/c44-26-27-17-23-39(46-38-15-7-3-11-32(38)33-22-24-41-42(43(33)46)34-12-4-8-16-40(34)47-41)35(25-27)28-18-20-29(21-19-28)45-36-13-5-1-9-30(36)31-10-2-6-14-37(31)45;44-26-27-17-22-30(28-18-20-29(21-19-28)45-37-13-5-1-9-31(37)32-10-2-6-14-38(32)45)40(25-27)46-39-15-7-3-11-33(39)35-23-24-36-34-12-4-8-16-41(34)47-43(36)42(35)46/h2*1-25H. The lowest BCUT2D eigenvalue weighted by Crippen LogP contribution is -1.99. The van der Waals surface area contributed by atoms with E-state index in [1.54, 1.807) is 0 Å². The molecule has 0 spiro atoms. The molecule has 436 valence electrons. The van der Waals surface area contributed by atoms with Gasteiger partial charge in [0.15, 0.2) is 5.58 Å². The molecule has 6 heterocycles.